The summed E-state index contributed by atoms with van der Waals surface area (Å²) in [6.45, 7) is 0. The van der Waals surface area contributed by atoms with Crippen molar-refractivity contribution in [3.63, 3.8) is 0 Å². The quantitative estimate of drug-likeness (QED) is 0.383. The van der Waals surface area contributed by atoms with E-state index in [9.17, 15) is 0 Å². The van der Waals surface area contributed by atoms with Crippen molar-refractivity contribution < 1.29 is 0 Å². The molecule has 0 aromatic heterocycles. The Labute approximate surface area is 164 Å². The Bertz CT molecular complexity index is 774. The van der Waals surface area contributed by atoms with Gasteiger partial charge < -0.3 is 0 Å². The monoisotopic (exact) mass is 364 g/mol. The summed E-state index contributed by atoms with van der Waals surface area (Å²) in [5, 5.41) is 0. The molecular formula is C26H24Si. The molecule has 0 atom stereocenters. The highest BCUT2D eigenvalue weighted by atomic mass is 28.2. The molecule has 1 heteroatoms. The minimum absolute atomic E-state index is 0.498. The lowest BCUT2D eigenvalue weighted by Crippen LogP contribution is -2.19. The van der Waals surface area contributed by atoms with Gasteiger partial charge in [-0.1, -0.05) is 121 Å². The summed E-state index contributed by atoms with van der Waals surface area (Å²) in [7, 11) is -0.554. The van der Waals surface area contributed by atoms with Gasteiger partial charge in [-0.3, -0.25) is 0 Å². The van der Waals surface area contributed by atoms with Crippen LogP contribution in [0.4, 0.5) is 0 Å². The second-order valence-electron chi connectivity index (χ2n) is 6.98. The number of rotatable bonds is 6. The van der Waals surface area contributed by atoms with Crippen molar-refractivity contribution in [3.8, 4) is 0 Å². The molecule has 0 nitrogen and oxygen atoms in total. The van der Waals surface area contributed by atoms with Crippen LogP contribution in [0.5, 0.6) is 0 Å². The summed E-state index contributed by atoms with van der Waals surface area (Å²) in [5.41, 5.74) is 6.74. The van der Waals surface area contributed by atoms with Gasteiger partial charge in [0.25, 0.3) is 0 Å². The Morgan fingerprint density at radius 2 is 0.556 bits per heavy atom. The van der Waals surface area contributed by atoms with Crippen molar-refractivity contribution in [1.29, 1.82) is 0 Å². The molecule has 4 aromatic carbocycles. The third-order valence-electron chi connectivity index (χ3n) is 5.28. The molecule has 0 aliphatic carbocycles. The molecule has 0 amide bonds. The molecular weight excluding hydrogens is 340 g/mol. The van der Waals surface area contributed by atoms with Gasteiger partial charge >= 0.3 is 0 Å². The summed E-state index contributed by atoms with van der Waals surface area (Å²) < 4.78 is 0. The summed E-state index contributed by atoms with van der Waals surface area (Å²) in [6, 6.07) is 44.1. The third-order valence-corrected chi connectivity index (χ3v) is 8.11. The molecule has 132 valence electrons. The van der Waals surface area contributed by atoms with Gasteiger partial charge in [-0.15, -0.1) is 0 Å². The van der Waals surface area contributed by atoms with Gasteiger partial charge in [0, 0.05) is 9.52 Å². The third kappa shape index (κ3) is 4.26. The fourth-order valence-electron chi connectivity index (χ4n) is 3.91. The maximum atomic E-state index is 2.29. The Morgan fingerprint density at radius 3 is 0.778 bits per heavy atom. The molecule has 0 aliphatic heterocycles. The van der Waals surface area contributed by atoms with Gasteiger partial charge in [0.1, 0.15) is 0 Å². The second-order valence-corrected chi connectivity index (χ2v) is 9.09. The zero-order valence-corrected chi connectivity index (χ0v) is 16.8. The smallest absolute Gasteiger partial charge is 0.0482 e. The number of hydrogen-bond donors (Lipinski definition) is 0. The zero-order valence-electron chi connectivity index (χ0n) is 15.4. The highest BCUT2D eigenvalue weighted by Gasteiger charge is 2.23. The molecule has 0 saturated carbocycles. The van der Waals surface area contributed by atoms with Crippen molar-refractivity contribution in [1.82, 2.24) is 0 Å². The summed E-state index contributed by atoms with van der Waals surface area (Å²) in [5.74, 6) is 0. The van der Waals surface area contributed by atoms with E-state index in [4.69, 9.17) is 0 Å². The van der Waals surface area contributed by atoms with E-state index in [0.717, 1.165) is 0 Å². The molecule has 4 rings (SSSR count). The summed E-state index contributed by atoms with van der Waals surface area (Å²) >= 11 is 0. The molecule has 0 N–H and O–H groups in total. The molecule has 0 saturated heterocycles. The van der Waals surface area contributed by atoms with Crippen LogP contribution >= 0.6 is 0 Å². The standard InChI is InChI=1S/C26H24Si/c1-5-13-21(14-6-1)25(22-15-7-2-8-16-22)27-26(23-17-9-3-10-18-23)24-19-11-4-12-20-24/h1-20,25-26H,27H2. The predicted molar refractivity (Wildman–Crippen MR) is 118 cm³/mol. The summed E-state index contributed by atoms with van der Waals surface area (Å²) in [6.07, 6.45) is 0. The van der Waals surface area contributed by atoms with E-state index in [0.29, 0.717) is 11.1 Å². The van der Waals surface area contributed by atoms with Crippen LogP contribution in [0, 0.1) is 0 Å². The van der Waals surface area contributed by atoms with Crippen LogP contribution in [0.15, 0.2) is 121 Å². The summed E-state index contributed by atoms with van der Waals surface area (Å²) in [4.78, 5) is 0. The molecule has 0 spiro atoms. The zero-order chi connectivity index (χ0) is 18.3. The Morgan fingerprint density at radius 1 is 0.333 bits per heavy atom. The highest BCUT2D eigenvalue weighted by molar-refractivity contribution is 6.42. The lowest BCUT2D eigenvalue weighted by molar-refractivity contribution is 1.04. The van der Waals surface area contributed by atoms with Crippen molar-refractivity contribution in [2.24, 2.45) is 0 Å². The molecule has 27 heavy (non-hydrogen) atoms. The lowest BCUT2D eigenvalue weighted by Gasteiger charge is -2.25. The fraction of sp³-hybridized carbons (Fsp3) is 0.0769. The van der Waals surface area contributed by atoms with Crippen LogP contribution in [0.1, 0.15) is 33.3 Å². The Balaban J connectivity index is 1.77. The van der Waals surface area contributed by atoms with Crippen molar-refractivity contribution in [2.45, 2.75) is 11.1 Å². The predicted octanol–water partition coefficient (Wildman–Crippen LogP) is 5.73. The highest BCUT2D eigenvalue weighted by Crippen LogP contribution is 2.32. The van der Waals surface area contributed by atoms with Gasteiger partial charge in [-0.05, 0) is 33.3 Å². The topological polar surface area (TPSA) is 0 Å². The largest absolute Gasteiger partial charge is 0.0622 e. The number of benzene rings is 4. The van der Waals surface area contributed by atoms with E-state index in [1.807, 2.05) is 0 Å². The second kappa shape index (κ2) is 8.66. The Hall–Kier alpha value is -2.90. The van der Waals surface area contributed by atoms with Gasteiger partial charge in [-0.2, -0.15) is 0 Å². The first-order valence-corrected chi connectivity index (χ1v) is 11.2. The van der Waals surface area contributed by atoms with E-state index in [2.05, 4.69) is 121 Å². The van der Waals surface area contributed by atoms with E-state index < -0.39 is 9.52 Å². The van der Waals surface area contributed by atoms with Crippen molar-refractivity contribution in [2.75, 3.05) is 0 Å². The molecule has 0 unspecified atom stereocenters. The van der Waals surface area contributed by atoms with Gasteiger partial charge in [-0.25, -0.2) is 0 Å². The van der Waals surface area contributed by atoms with E-state index in [1.54, 1.807) is 0 Å². The maximum Gasteiger partial charge on any atom is 0.0482 e. The molecule has 0 bridgehead atoms. The normalized spacial score (nSPS) is 11.0. The molecule has 0 fully saturated rings. The van der Waals surface area contributed by atoms with Crippen LogP contribution in [-0.4, -0.2) is 9.52 Å². The lowest BCUT2D eigenvalue weighted by atomic mass is 10.0. The first kappa shape index (κ1) is 17.5. The minimum atomic E-state index is -0.554. The van der Waals surface area contributed by atoms with Crippen LogP contribution in [-0.2, 0) is 0 Å². The van der Waals surface area contributed by atoms with Gasteiger partial charge in [0.15, 0.2) is 0 Å². The number of hydrogen-bond acceptors (Lipinski definition) is 0. The van der Waals surface area contributed by atoms with Gasteiger partial charge in [0.2, 0.25) is 0 Å². The fourth-order valence-corrected chi connectivity index (χ4v) is 6.56. The average Bonchev–Trinajstić information content (AvgIpc) is 2.77. The van der Waals surface area contributed by atoms with Gasteiger partial charge in [0.05, 0.1) is 0 Å². The average molecular weight is 365 g/mol. The van der Waals surface area contributed by atoms with E-state index >= 15 is 0 Å². The molecule has 0 heterocycles. The van der Waals surface area contributed by atoms with E-state index in [-0.39, 0.29) is 0 Å². The van der Waals surface area contributed by atoms with Crippen LogP contribution in [0.25, 0.3) is 0 Å². The molecule has 0 radical (unpaired) electrons. The first-order valence-electron chi connectivity index (χ1n) is 9.61. The van der Waals surface area contributed by atoms with Crippen LogP contribution in [0.3, 0.4) is 0 Å². The van der Waals surface area contributed by atoms with Crippen molar-refractivity contribution >= 4 is 9.52 Å². The SMILES string of the molecule is c1ccc(C([SiH2]C(c2ccccc2)c2ccccc2)c2ccccc2)cc1. The molecule has 4 aromatic rings. The Kier molecular flexibility index (Phi) is 5.61. The molecule has 0 aliphatic rings. The van der Waals surface area contributed by atoms with Crippen molar-refractivity contribution in [3.05, 3.63) is 144 Å². The van der Waals surface area contributed by atoms with Crippen LogP contribution in [0.2, 0.25) is 0 Å². The maximum absolute atomic E-state index is 2.29. The first-order chi connectivity index (χ1) is 13.4. The van der Waals surface area contributed by atoms with E-state index in [1.165, 1.54) is 22.3 Å². The van der Waals surface area contributed by atoms with Crippen LogP contribution < -0.4 is 0 Å². The minimum Gasteiger partial charge on any atom is -0.0622 e.